The number of carboxylic acid groups (broad SMARTS) is 1. The fourth-order valence-corrected chi connectivity index (χ4v) is 3.65. The van der Waals surface area contributed by atoms with Gasteiger partial charge in [0.05, 0.1) is 0 Å². The van der Waals surface area contributed by atoms with Crippen molar-refractivity contribution in [3.63, 3.8) is 0 Å². The second-order valence-electron chi connectivity index (χ2n) is 7.25. The maximum absolute atomic E-state index is 13.3. The molecule has 0 heterocycles. The molecule has 3 rings (SSSR count). The van der Waals surface area contributed by atoms with Crippen LogP contribution in [0.4, 0.5) is 18.0 Å². The summed E-state index contributed by atoms with van der Waals surface area (Å²) in [4.78, 5) is 35.2. The van der Waals surface area contributed by atoms with Gasteiger partial charge in [-0.25, -0.2) is 9.59 Å². The van der Waals surface area contributed by atoms with Crippen molar-refractivity contribution in [2.75, 3.05) is 6.61 Å². The van der Waals surface area contributed by atoms with E-state index in [1.807, 2.05) is 48.5 Å². The van der Waals surface area contributed by atoms with Crippen molar-refractivity contribution in [1.29, 1.82) is 0 Å². The molecule has 0 fully saturated rings. The molecule has 0 radical (unpaired) electrons. The normalized spacial score (nSPS) is 14.6. The molecule has 0 aliphatic heterocycles. The quantitative estimate of drug-likeness (QED) is 0.600. The van der Waals surface area contributed by atoms with Crippen LogP contribution in [0.1, 0.15) is 30.4 Å². The van der Waals surface area contributed by atoms with E-state index in [9.17, 15) is 27.6 Å². The number of ether oxygens (including phenoxy) is 1. The molecule has 0 saturated heterocycles. The first-order chi connectivity index (χ1) is 15.1. The highest BCUT2D eigenvalue weighted by molar-refractivity contribution is 5.90. The lowest BCUT2D eigenvalue weighted by Crippen LogP contribution is -2.57. The summed E-state index contributed by atoms with van der Waals surface area (Å²) in [7, 11) is 0. The summed E-state index contributed by atoms with van der Waals surface area (Å²) in [6.07, 6.45) is -6.71. The van der Waals surface area contributed by atoms with E-state index in [2.05, 4.69) is 0 Å². The highest BCUT2D eigenvalue weighted by Crippen LogP contribution is 2.44. The van der Waals surface area contributed by atoms with E-state index in [1.165, 1.54) is 12.2 Å². The van der Waals surface area contributed by atoms with Gasteiger partial charge in [0.1, 0.15) is 12.6 Å². The summed E-state index contributed by atoms with van der Waals surface area (Å²) >= 11 is 0. The van der Waals surface area contributed by atoms with Gasteiger partial charge >= 0.3 is 18.2 Å². The molecule has 2 atom stereocenters. The second-order valence-corrected chi connectivity index (χ2v) is 7.25. The first-order valence-corrected chi connectivity index (χ1v) is 9.84. The second kappa shape index (κ2) is 9.29. The third-order valence-corrected chi connectivity index (χ3v) is 5.22. The molecule has 2 aromatic carbocycles. The van der Waals surface area contributed by atoms with E-state index < -0.39 is 36.2 Å². The number of carbonyl (C=O) groups excluding carboxylic acids is 2. The minimum atomic E-state index is -5.15. The molecule has 1 unspecified atom stereocenters. The van der Waals surface area contributed by atoms with Crippen LogP contribution in [0.25, 0.3) is 11.1 Å². The third kappa shape index (κ3) is 4.84. The van der Waals surface area contributed by atoms with Crippen molar-refractivity contribution in [2.24, 2.45) is 0 Å². The number of halogens is 3. The van der Waals surface area contributed by atoms with Gasteiger partial charge in [-0.3, -0.25) is 4.79 Å². The van der Waals surface area contributed by atoms with Crippen LogP contribution >= 0.6 is 0 Å². The molecule has 1 aliphatic rings. The summed E-state index contributed by atoms with van der Waals surface area (Å²) in [5.41, 5.74) is 3.64. The Balaban J connectivity index is 1.70. The molecule has 7 nitrogen and oxygen atoms in total. The predicted molar refractivity (Wildman–Crippen MR) is 108 cm³/mol. The van der Waals surface area contributed by atoms with Gasteiger partial charge in [-0.15, -0.1) is 0 Å². The van der Waals surface area contributed by atoms with Gasteiger partial charge in [-0.2, -0.15) is 13.2 Å². The van der Waals surface area contributed by atoms with Crippen LogP contribution in [0.2, 0.25) is 0 Å². The van der Waals surface area contributed by atoms with Crippen LogP contribution in [0.3, 0.4) is 0 Å². The van der Waals surface area contributed by atoms with Crippen molar-refractivity contribution in [3.05, 3.63) is 59.7 Å². The molecule has 0 saturated carbocycles. The summed E-state index contributed by atoms with van der Waals surface area (Å²) < 4.78 is 45.1. The van der Waals surface area contributed by atoms with E-state index in [-0.39, 0.29) is 18.9 Å². The molecule has 3 N–H and O–H groups in total. The SMILES string of the molecule is CC[C@H](NC(=O)C(NC(=O)OCC1c2ccccc2-c2ccccc21)C(F)(F)F)C(=O)O. The Bertz CT molecular complexity index is 979. The van der Waals surface area contributed by atoms with Gasteiger partial charge in [-0.1, -0.05) is 55.5 Å². The molecule has 0 spiro atoms. The fourth-order valence-electron chi connectivity index (χ4n) is 3.65. The Morgan fingerprint density at radius 1 is 1.00 bits per heavy atom. The largest absolute Gasteiger partial charge is 0.480 e. The van der Waals surface area contributed by atoms with Gasteiger partial charge in [0, 0.05) is 5.92 Å². The standard InChI is InChI=1S/C22H21F3N2O5/c1-2-17(20(29)30)26-19(28)18(22(23,24)25)27-21(31)32-11-16-14-9-5-3-7-12(14)13-8-4-6-10-15(13)16/h3-10,16-18H,2,11H2,1H3,(H,26,28)(H,27,31)(H,29,30)/t17-,18?/m0/s1. The lowest BCUT2D eigenvalue weighted by molar-refractivity contribution is -0.169. The number of carbonyl (C=O) groups is 3. The number of alkyl halides is 3. The van der Waals surface area contributed by atoms with Crippen LogP contribution in [0, 0.1) is 0 Å². The molecular weight excluding hydrogens is 429 g/mol. The average molecular weight is 450 g/mol. The molecule has 2 amide bonds. The highest BCUT2D eigenvalue weighted by Gasteiger charge is 2.47. The smallest absolute Gasteiger partial charge is 0.417 e. The number of alkyl carbamates (subject to hydrolysis) is 1. The van der Waals surface area contributed by atoms with Gasteiger partial charge in [0.25, 0.3) is 5.91 Å². The molecule has 2 aromatic rings. The monoisotopic (exact) mass is 450 g/mol. The third-order valence-electron chi connectivity index (χ3n) is 5.22. The number of aliphatic carboxylic acids is 1. The van der Waals surface area contributed by atoms with Gasteiger partial charge in [0.2, 0.25) is 6.04 Å². The number of carboxylic acids is 1. The summed E-state index contributed by atoms with van der Waals surface area (Å²) in [5.74, 6) is -3.54. The predicted octanol–water partition coefficient (Wildman–Crippen LogP) is 3.44. The molecule has 0 bridgehead atoms. The minimum Gasteiger partial charge on any atom is -0.480 e. The Morgan fingerprint density at radius 2 is 1.53 bits per heavy atom. The molecule has 1 aliphatic carbocycles. The first kappa shape index (κ1) is 23.1. The minimum absolute atomic E-state index is 0.128. The van der Waals surface area contributed by atoms with Crippen molar-refractivity contribution < 1.29 is 37.4 Å². The van der Waals surface area contributed by atoms with E-state index in [4.69, 9.17) is 9.84 Å². The van der Waals surface area contributed by atoms with Crippen molar-refractivity contribution >= 4 is 18.0 Å². The van der Waals surface area contributed by atoms with E-state index in [1.54, 1.807) is 5.32 Å². The average Bonchev–Trinajstić information content (AvgIpc) is 3.07. The Kier molecular flexibility index (Phi) is 6.71. The summed E-state index contributed by atoms with van der Waals surface area (Å²) in [6.45, 7) is 1.15. The fraction of sp³-hybridized carbons (Fsp3) is 0.318. The zero-order chi connectivity index (χ0) is 23.5. The van der Waals surface area contributed by atoms with Crippen molar-refractivity contribution in [3.8, 4) is 11.1 Å². The van der Waals surface area contributed by atoms with Crippen LogP contribution in [-0.4, -0.2) is 47.9 Å². The maximum atomic E-state index is 13.3. The molecule has 0 aromatic heterocycles. The number of amides is 2. The van der Waals surface area contributed by atoms with Gasteiger partial charge in [-0.05, 0) is 28.7 Å². The first-order valence-electron chi connectivity index (χ1n) is 9.84. The number of hydrogen-bond acceptors (Lipinski definition) is 4. The number of nitrogens with one attached hydrogen (secondary N) is 2. The Labute approximate surface area is 181 Å². The lowest BCUT2D eigenvalue weighted by Gasteiger charge is -2.23. The van der Waals surface area contributed by atoms with Crippen molar-refractivity contribution in [1.82, 2.24) is 10.6 Å². The van der Waals surface area contributed by atoms with E-state index >= 15 is 0 Å². The molecule has 32 heavy (non-hydrogen) atoms. The van der Waals surface area contributed by atoms with Gasteiger partial charge in [0.15, 0.2) is 0 Å². The van der Waals surface area contributed by atoms with E-state index in [0.717, 1.165) is 22.3 Å². The lowest BCUT2D eigenvalue weighted by atomic mass is 9.98. The van der Waals surface area contributed by atoms with Crippen LogP contribution in [-0.2, 0) is 14.3 Å². The summed E-state index contributed by atoms with van der Waals surface area (Å²) in [6, 6.07) is 10.4. The van der Waals surface area contributed by atoms with Crippen molar-refractivity contribution in [2.45, 2.75) is 37.5 Å². The van der Waals surface area contributed by atoms with E-state index in [0.29, 0.717) is 0 Å². The van der Waals surface area contributed by atoms with Gasteiger partial charge < -0.3 is 20.5 Å². The Hall–Kier alpha value is -3.56. The molecular formula is C22H21F3N2O5. The maximum Gasteiger partial charge on any atom is 0.417 e. The zero-order valence-corrected chi connectivity index (χ0v) is 17.0. The molecule has 10 heteroatoms. The molecule has 170 valence electrons. The zero-order valence-electron chi connectivity index (χ0n) is 17.0. The van der Waals surface area contributed by atoms with Crippen LogP contribution in [0.15, 0.2) is 48.5 Å². The highest BCUT2D eigenvalue weighted by atomic mass is 19.4. The topological polar surface area (TPSA) is 105 Å². The van der Waals surface area contributed by atoms with Crippen LogP contribution in [0.5, 0.6) is 0 Å². The number of fused-ring (bicyclic) bond motifs is 3. The Morgan fingerprint density at radius 3 is 2.00 bits per heavy atom. The number of benzene rings is 2. The number of rotatable bonds is 7. The number of hydrogen-bond donors (Lipinski definition) is 3. The van der Waals surface area contributed by atoms with Crippen LogP contribution < -0.4 is 10.6 Å². The summed E-state index contributed by atoms with van der Waals surface area (Å²) in [5, 5.41) is 12.2.